The third kappa shape index (κ3) is 5.08. The number of para-hydroxylation sites is 1. The number of ether oxygens (including phenoxy) is 1. The van der Waals surface area contributed by atoms with Crippen LogP contribution in [0.2, 0.25) is 0 Å². The molecule has 2 N–H and O–H groups in total. The third-order valence-corrected chi connectivity index (χ3v) is 3.79. The summed E-state index contributed by atoms with van der Waals surface area (Å²) in [4.78, 5) is 16.3. The molecule has 0 bridgehead atoms. The van der Waals surface area contributed by atoms with E-state index in [1.807, 2.05) is 48.5 Å². The number of carbonyl (C=O) groups excluding carboxylic acids is 1. The molecule has 0 aliphatic carbocycles. The number of amides is 1. The first-order valence-electron chi connectivity index (χ1n) is 8.52. The fourth-order valence-electron chi connectivity index (χ4n) is 2.38. The zero-order valence-corrected chi connectivity index (χ0v) is 14.6. The molecular formula is C21H21N3O2. The number of anilines is 3. The highest BCUT2D eigenvalue weighted by molar-refractivity contribution is 5.91. The molecule has 3 aromatic rings. The molecule has 0 radical (unpaired) electrons. The Morgan fingerprint density at radius 1 is 0.962 bits per heavy atom. The summed E-state index contributed by atoms with van der Waals surface area (Å²) in [5.74, 6) is 1.15. The Morgan fingerprint density at radius 3 is 2.35 bits per heavy atom. The number of rotatable bonds is 7. The number of hydrogen-bond acceptors (Lipinski definition) is 4. The molecule has 3 rings (SSSR count). The summed E-state index contributed by atoms with van der Waals surface area (Å²) in [6.07, 6.45) is 2.63. The Hall–Kier alpha value is -3.34. The van der Waals surface area contributed by atoms with Gasteiger partial charge in [-0.25, -0.2) is 4.98 Å². The SMILES string of the molecule is CCc1ccc(Nc2ccc(NC(=O)COc3ccccc3)cn2)cc1. The van der Waals surface area contributed by atoms with Crippen LogP contribution in [0.15, 0.2) is 72.9 Å². The topological polar surface area (TPSA) is 63.2 Å². The highest BCUT2D eigenvalue weighted by Crippen LogP contribution is 2.17. The highest BCUT2D eigenvalue weighted by Gasteiger charge is 2.04. The number of aromatic nitrogens is 1. The Kier molecular flexibility index (Phi) is 5.83. The van der Waals surface area contributed by atoms with Crippen molar-refractivity contribution in [3.05, 3.63) is 78.5 Å². The lowest BCUT2D eigenvalue weighted by atomic mass is 10.1. The van der Waals surface area contributed by atoms with Gasteiger partial charge >= 0.3 is 0 Å². The van der Waals surface area contributed by atoms with Crippen molar-refractivity contribution in [3.8, 4) is 5.75 Å². The Morgan fingerprint density at radius 2 is 1.69 bits per heavy atom. The van der Waals surface area contributed by atoms with Crippen molar-refractivity contribution in [2.24, 2.45) is 0 Å². The summed E-state index contributed by atoms with van der Waals surface area (Å²) in [6.45, 7) is 2.08. The summed E-state index contributed by atoms with van der Waals surface area (Å²) < 4.78 is 5.42. The van der Waals surface area contributed by atoms with E-state index in [1.54, 1.807) is 12.3 Å². The predicted octanol–water partition coefficient (Wildman–Crippen LogP) is 4.41. The van der Waals surface area contributed by atoms with E-state index >= 15 is 0 Å². The Labute approximate surface area is 153 Å². The average Bonchev–Trinajstić information content (AvgIpc) is 2.69. The van der Waals surface area contributed by atoms with Crippen LogP contribution in [-0.2, 0) is 11.2 Å². The second-order valence-electron chi connectivity index (χ2n) is 5.76. The number of nitrogens with one attached hydrogen (secondary N) is 2. The highest BCUT2D eigenvalue weighted by atomic mass is 16.5. The van der Waals surface area contributed by atoms with Crippen LogP contribution < -0.4 is 15.4 Å². The van der Waals surface area contributed by atoms with Crippen molar-refractivity contribution in [2.75, 3.05) is 17.2 Å². The molecule has 5 heteroatoms. The van der Waals surface area contributed by atoms with Gasteiger partial charge in [-0.3, -0.25) is 4.79 Å². The zero-order valence-electron chi connectivity index (χ0n) is 14.6. The second-order valence-corrected chi connectivity index (χ2v) is 5.76. The smallest absolute Gasteiger partial charge is 0.262 e. The zero-order chi connectivity index (χ0) is 18.2. The largest absolute Gasteiger partial charge is 0.484 e. The Balaban J connectivity index is 1.51. The molecule has 2 aromatic carbocycles. The van der Waals surface area contributed by atoms with Crippen LogP contribution in [0, 0.1) is 0 Å². The van der Waals surface area contributed by atoms with E-state index in [4.69, 9.17) is 4.74 Å². The second kappa shape index (κ2) is 8.67. The fraction of sp³-hybridized carbons (Fsp3) is 0.143. The van der Waals surface area contributed by atoms with Crippen LogP contribution in [0.5, 0.6) is 5.75 Å². The minimum atomic E-state index is -0.230. The van der Waals surface area contributed by atoms with E-state index in [0.29, 0.717) is 17.3 Å². The first-order chi connectivity index (χ1) is 12.7. The molecule has 1 heterocycles. The molecule has 132 valence electrons. The van der Waals surface area contributed by atoms with Crippen molar-refractivity contribution >= 4 is 23.1 Å². The van der Waals surface area contributed by atoms with Crippen LogP contribution in [-0.4, -0.2) is 17.5 Å². The van der Waals surface area contributed by atoms with Gasteiger partial charge in [-0.05, 0) is 48.4 Å². The number of pyridine rings is 1. The van der Waals surface area contributed by atoms with Crippen molar-refractivity contribution < 1.29 is 9.53 Å². The van der Waals surface area contributed by atoms with Crippen molar-refractivity contribution in [2.45, 2.75) is 13.3 Å². The quantitative estimate of drug-likeness (QED) is 0.665. The summed E-state index contributed by atoms with van der Waals surface area (Å²) in [5.41, 5.74) is 2.89. The molecule has 0 fully saturated rings. The molecule has 1 aromatic heterocycles. The van der Waals surface area contributed by atoms with Crippen LogP contribution >= 0.6 is 0 Å². The van der Waals surface area contributed by atoms with E-state index in [-0.39, 0.29) is 12.5 Å². The molecule has 26 heavy (non-hydrogen) atoms. The van der Waals surface area contributed by atoms with E-state index in [0.717, 1.165) is 12.1 Å². The molecule has 0 atom stereocenters. The van der Waals surface area contributed by atoms with Crippen LogP contribution in [0.3, 0.4) is 0 Å². The fourth-order valence-corrected chi connectivity index (χ4v) is 2.38. The van der Waals surface area contributed by atoms with E-state index < -0.39 is 0 Å². The van der Waals surface area contributed by atoms with Crippen molar-refractivity contribution in [3.63, 3.8) is 0 Å². The number of benzene rings is 2. The molecule has 0 saturated carbocycles. The van der Waals surface area contributed by atoms with Crippen molar-refractivity contribution in [1.82, 2.24) is 4.98 Å². The maximum atomic E-state index is 11.9. The minimum absolute atomic E-state index is 0.0478. The van der Waals surface area contributed by atoms with Crippen LogP contribution in [0.1, 0.15) is 12.5 Å². The van der Waals surface area contributed by atoms with Crippen LogP contribution in [0.25, 0.3) is 0 Å². The van der Waals surface area contributed by atoms with E-state index in [2.05, 4.69) is 34.7 Å². The normalized spacial score (nSPS) is 10.2. The monoisotopic (exact) mass is 347 g/mol. The summed E-state index contributed by atoms with van der Waals surface area (Å²) in [7, 11) is 0. The standard InChI is InChI=1S/C21H21N3O2/c1-2-16-8-10-17(11-9-16)23-20-13-12-18(14-22-20)24-21(25)15-26-19-6-4-3-5-7-19/h3-14H,2,15H2,1H3,(H,22,23)(H,24,25). The molecular weight excluding hydrogens is 326 g/mol. The Bertz CT molecular complexity index is 831. The molecule has 0 unspecified atom stereocenters. The number of hydrogen-bond donors (Lipinski definition) is 2. The summed E-state index contributed by atoms with van der Waals surface area (Å²) in [6, 6.07) is 21.1. The maximum Gasteiger partial charge on any atom is 0.262 e. The van der Waals surface area contributed by atoms with Gasteiger partial charge in [0.1, 0.15) is 11.6 Å². The van der Waals surface area contributed by atoms with Gasteiger partial charge in [-0.15, -0.1) is 0 Å². The van der Waals surface area contributed by atoms with E-state index in [9.17, 15) is 4.79 Å². The van der Waals surface area contributed by atoms with Gasteiger partial charge in [0.15, 0.2) is 6.61 Å². The lowest BCUT2D eigenvalue weighted by Gasteiger charge is -2.09. The molecule has 0 aliphatic heterocycles. The average molecular weight is 347 g/mol. The molecule has 5 nitrogen and oxygen atoms in total. The lowest BCUT2D eigenvalue weighted by Crippen LogP contribution is -2.20. The van der Waals surface area contributed by atoms with Gasteiger partial charge in [0.25, 0.3) is 5.91 Å². The molecule has 0 spiro atoms. The molecule has 1 amide bonds. The van der Waals surface area contributed by atoms with Gasteiger partial charge in [-0.1, -0.05) is 37.3 Å². The number of nitrogens with zero attached hydrogens (tertiary/aromatic N) is 1. The third-order valence-electron chi connectivity index (χ3n) is 3.79. The number of carbonyl (C=O) groups is 1. The summed E-state index contributed by atoms with van der Waals surface area (Å²) in [5, 5.41) is 6.00. The molecule has 0 aliphatic rings. The molecule has 0 saturated heterocycles. The predicted molar refractivity (Wildman–Crippen MR) is 104 cm³/mol. The maximum absolute atomic E-state index is 11.9. The van der Waals surface area contributed by atoms with Crippen molar-refractivity contribution in [1.29, 1.82) is 0 Å². The van der Waals surface area contributed by atoms with Gasteiger partial charge < -0.3 is 15.4 Å². The first-order valence-corrected chi connectivity index (χ1v) is 8.52. The first kappa shape index (κ1) is 17.5. The van der Waals surface area contributed by atoms with Gasteiger partial charge in [-0.2, -0.15) is 0 Å². The van der Waals surface area contributed by atoms with Gasteiger partial charge in [0.2, 0.25) is 0 Å². The summed E-state index contributed by atoms with van der Waals surface area (Å²) >= 11 is 0. The minimum Gasteiger partial charge on any atom is -0.484 e. The number of aryl methyl sites for hydroxylation is 1. The van der Waals surface area contributed by atoms with Crippen LogP contribution in [0.4, 0.5) is 17.2 Å². The lowest BCUT2D eigenvalue weighted by molar-refractivity contribution is -0.118. The van der Waals surface area contributed by atoms with E-state index in [1.165, 1.54) is 5.56 Å². The van der Waals surface area contributed by atoms with Gasteiger partial charge in [0, 0.05) is 5.69 Å². The van der Waals surface area contributed by atoms with Gasteiger partial charge in [0.05, 0.1) is 11.9 Å².